The van der Waals surface area contributed by atoms with Crippen LogP contribution in [0.15, 0.2) is 67.1 Å². The van der Waals surface area contributed by atoms with E-state index in [2.05, 4.69) is 10.4 Å². The van der Waals surface area contributed by atoms with Gasteiger partial charge in [-0.05, 0) is 86.1 Å². The van der Waals surface area contributed by atoms with Gasteiger partial charge in [0.1, 0.15) is 0 Å². The van der Waals surface area contributed by atoms with Crippen LogP contribution in [0.2, 0.25) is 10.0 Å². The monoisotopic (exact) mass is 545 g/mol. The number of amides is 1. The highest BCUT2D eigenvalue weighted by Crippen LogP contribution is 2.61. The first-order valence-electron chi connectivity index (χ1n) is 13.4. The Bertz CT molecular complexity index is 1470. The van der Waals surface area contributed by atoms with E-state index in [9.17, 15) is 4.79 Å². The fraction of sp³-hybridized carbons (Fsp3) is 0.367. The molecular weight excluding hydrogens is 517 g/mol. The molecule has 4 aliphatic rings. The molecule has 2 aromatic carbocycles. The van der Waals surface area contributed by atoms with Crippen LogP contribution < -0.4 is 5.32 Å². The molecule has 4 fully saturated rings. The molecule has 2 aromatic heterocycles. The normalized spacial score (nSPS) is 25.6. The molecule has 38 heavy (non-hydrogen) atoms. The molecular formula is C30H29Cl2N5O. The molecule has 0 atom stereocenters. The SMILES string of the molecule is O=C(Nc1cnn(Cc2ccc(Cl)c(Cl)c2)c1)c1cn(-c2ccccc2)nc1C12CC3CC(CC(C3)C1)C2. The predicted molar refractivity (Wildman–Crippen MR) is 149 cm³/mol. The molecule has 194 valence electrons. The van der Waals surface area contributed by atoms with Crippen LogP contribution in [0, 0.1) is 17.8 Å². The van der Waals surface area contributed by atoms with Crippen LogP contribution in [0.5, 0.6) is 0 Å². The maximum absolute atomic E-state index is 13.8. The summed E-state index contributed by atoms with van der Waals surface area (Å²) in [6, 6.07) is 15.6. The van der Waals surface area contributed by atoms with Gasteiger partial charge in [-0.1, -0.05) is 47.5 Å². The maximum atomic E-state index is 13.8. The van der Waals surface area contributed by atoms with Crippen LogP contribution in [0.25, 0.3) is 5.69 Å². The molecule has 0 unspecified atom stereocenters. The van der Waals surface area contributed by atoms with Gasteiger partial charge in [-0.25, -0.2) is 4.68 Å². The minimum atomic E-state index is -0.132. The number of rotatable bonds is 6. The van der Waals surface area contributed by atoms with E-state index in [1.165, 1.54) is 19.3 Å². The zero-order valence-electron chi connectivity index (χ0n) is 21.0. The van der Waals surface area contributed by atoms with Crippen molar-refractivity contribution >= 4 is 34.8 Å². The minimum Gasteiger partial charge on any atom is -0.319 e. The second-order valence-corrected chi connectivity index (χ2v) is 12.3. The molecule has 1 N–H and O–H groups in total. The highest BCUT2D eigenvalue weighted by molar-refractivity contribution is 6.42. The van der Waals surface area contributed by atoms with E-state index in [4.69, 9.17) is 28.3 Å². The van der Waals surface area contributed by atoms with Gasteiger partial charge >= 0.3 is 0 Å². The molecule has 0 aliphatic heterocycles. The van der Waals surface area contributed by atoms with Crippen LogP contribution in [0.4, 0.5) is 5.69 Å². The number of halogens is 2. The lowest BCUT2D eigenvalue weighted by molar-refractivity contribution is -0.00765. The summed E-state index contributed by atoms with van der Waals surface area (Å²) in [5, 5.41) is 13.7. The fourth-order valence-corrected chi connectivity index (χ4v) is 7.90. The van der Waals surface area contributed by atoms with Crippen LogP contribution in [-0.2, 0) is 12.0 Å². The number of nitrogens with zero attached hydrogens (tertiary/aromatic N) is 4. The number of benzene rings is 2. The van der Waals surface area contributed by atoms with Crippen molar-refractivity contribution in [3.8, 4) is 5.69 Å². The molecule has 8 heteroatoms. The van der Waals surface area contributed by atoms with Crippen LogP contribution >= 0.6 is 23.2 Å². The van der Waals surface area contributed by atoms with Crippen LogP contribution in [0.1, 0.15) is 60.1 Å². The third-order valence-corrected chi connectivity index (χ3v) is 9.48. The van der Waals surface area contributed by atoms with E-state index in [1.807, 2.05) is 59.5 Å². The van der Waals surface area contributed by atoms with Crippen molar-refractivity contribution in [3.05, 3.63) is 94.0 Å². The lowest BCUT2D eigenvalue weighted by Gasteiger charge is -2.56. The Morgan fingerprint density at radius 2 is 1.66 bits per heavy atom. The number of carbonyl (C=O) groups is 1. The molecule has 2 heterocycles. The smallest absolute Gasteiger partial charge is 0.259 e. The molecule has 0 spiro atoms. The Balaban J connectivity index is 1.18. The molecule has 0 saturated heterocycles. The van der Waals surface area contributed by atoms with Crippen molar-refractivity contribution in [1.29, 1.82) is 0 Å². The highest BCUT2D eigenvalue weighted by Gasteiger charge is 2.53. The Hall–Kier alpha value is -3.09. The van der Waals surface area contributed by atoms with Gasteiger partial charge in [-0.2, -0.15) is 10.2 Å². The summed E-state index contributed by atoms with van der Waals surface area (Å²) < 4.78 is 3.67. The van der Waals surface area contributed by atoms with E-state index >= 15 is 0 Å². The van der Waals surface area contributed by atoms with E-state index in [0.29, 0.717) is 27.8 Å². The standard InChI is InChI=1S/C30H29Cl2N5O/c31-26-7-6-19(11-27(26)32)16-36-17-23(15-33-36)34-29(38)25-18-37(24-4-2-1-3-5-24)35-28(25)30-12-20-8-21(13-30)10-22(9-20)14-30/h1-7,11,15,17-18,20-22H,8-10,12-14,16H2,(H,34,38). The van der Waals surface area contributed by atoms with Crippen molar-refractivity contribution in [2.75, 3.05) is 5.32 Å². The van der Waals surface area contributed by atoms with Gasteiger partial charge in [0.2, 0.25) is 0 Å². The van der Waals surface area contributed by atoms with Crippen molar-refractivity contribution in [2.24, 2.45) is 17.8 Å². The molecule has 4 bridgehead atoms. The molecule has 6 nitrogen and oxygen atoms in total. The first-order chi connectivity index (χ1) is 18.4. The summed E-state index contributed by atoms with van der Waals surface area (Å²) in [5.74, 6) is 2.16. The van der Waals surface area contributed by atoms with E-state index in [1.54, 1.807) is 16.9 Å². The fourth-order valence-electron chi connectivity index (χ4n) is 7.58. The number of aromatic nitrogens is 4. The number of nitrogens with one attached hydrogen (secondary N) is 1. The number of hydrogen-bond donors (Lipinski definition) is 1. The van der Waals surface area contributed by atoms with Gasteiger partial charge in [0.15, 0.2) is 0 Å². The largest absolute Gasteiger partial charge is 0.319 e. The number of carbonyl (C=O) groups excluding carboxylic acids is 1. The van der Waals surface area contributed by atoms with E-state index in [0.717, 1.165) is 54.0 Å². The Labute approximate surface area is 231 Å². The summed E-state index contributed by atoms with van der Waals surface area (Å²) in [4.78, 5) is 13.8. The minimum absolute atomic E-state index is 0.000509. The zero-order chi connectivity index (χ0) is 25.9. The number of hydrogen-bond acceptors (Lipinski definition) is 3. The third-order valence-electron chi connectivity index (χ3n) is 8.74. The second-order valence-electron chi connectivity index (χ2n) is 11.5. The molecule has 8 rings (SSSR count). The van der Waals surface area contributed by atoms with Gasteiger partial charge in [-0.3, -0.25) is 9.48 Å². The molecule has 4 aliphatic carbocycles. The lowest BCUT2D eigenvalue weighted by Crippen LogP contribution is -2.49. The Morgan fingerprint density at radius 3 is 2.34 bits per heavy atom. The Kier molecular flexibility index (Phi) is 5.86. The highest BCUT2D eigenvalue weighted by atomic mass is 35.5. The maximum Gasteiger partial charge on any atom is 0.259 e. The average Bonchev–Trinajstić information content (AvgIpc) is 3.54. The first-order valence-corrected chi connectivity index (χ1v) is 14.1. The molecule has 4 saturated carbocycles. The van der Waals surface area contributed by atoms with Gasteiger partial charge in [0.05, 0.1) is 45.4 Å². The molecule has 4 aromatic rings. The lowest BCUT2D eigenvalue weighted by atomic mass is 9.48. The second kappa shape index (κ2) is 9.28. The molecule has 0 radical (unpaired) electrons. The van der Waals surface area contributed by atoms with Crippen molar-refractivity contribution in [2.45, 2.75) is 50.5 Å². The van der Waals surface area contributed by atoms with Crippen LogP contribution in [-0.4, -0.2) is 25.5 Å². The number of anilines is 1. The molecule has 1 amide bonds. The average molecular weight is 547 g/mol. The van der Waals surface area contributed by atoms with Gasteiger partial charge in [-0.15, -0.1) is 0 Å². The topological polar surface area (TPSA) is 64.7 Å². The predicted octanol–water partition coefficient (Wildman–Crippen LogP) is 7.14. The summed E-state index contributed by atoms with van der Waals surface area (Å²) in [6.45, 7) is 0.525. The van der Waals surface area contributed by atoms with Crippen molar-refractivity contribution in [1.82, 2.24) is 19.6 Å². The summed E-state index contributed by atoms with van der Waals surface area (Å²) in [6.07, 6.45) is 12.9. The van der Waals surface area contributed by atoms with E-state index < -0.39 is 0 Å². The first kappa shape index (κ1) is 24.0. The van der Waals surface area contributed by atoms with Gasteiger partial charge in [0, 0.05) is 17.8 Å². The Morgan fingerprint density at radius 1 is 0.947 bits per heavy atom. The van der Waals surface area contributed by atoms with Gasteiger partial charge < -0.3 is 5.32 Å². The van der Waals surface area contributed by atoms with Gasteiger partial charge in [0.25, 0.3) is 5.91 Å². The number of para-hydroxylation sites is 1. The quantitative estimate of drug-likeness (QED) is 0.280. The summed E-state index contributed by atoms with van der Waals surface area (Å²) in [5.41, 5.74) is 4.24. The van der Waals surface area contributed by atoms with Crippen molar-refractivity contribution < 1.29 is 4.79 Å². The summed E-state index contributed by atoms with van der Waals surface area (Å²) >= 11 is 12.2. The zero-order valence-corrected chi connectivity index (χ0v) is 22.5. The van der Waals surface area contributed by atoms with E-state index in [-0.39, 0.29) is 11.3 Å². The third kappa shape index (κ3) is 4.34. The summed E-state index contributed by atoms with van der Waals surface area (Å²) in [7, 11) is 0. The van der Waals surface area contributed by atoms with Crippen LogP contribution in [0.3, 0.4) is 0 Å². The van der Waals surface area contributed by atoms with Crippen molar-refractivity contribution in [3.63, 3.8) is 0 Å².